The number of hydrogen-bond acceptors (Lipinski definition) is 5. The van der Waals surface area contributed by atoms with E-state index in [1.54, 1.807) is 0 Å². The molecule has 2 aromatic rings. The molecular formula is C19H28ClN5O2. The number of likely N-dealkylation sites (tertiary alicyclic amines) is 1. The van der Waals surface area contributed by atoms with Crippen LogP contribution in [-0.4, -0.2) is 68.1 Å². The van der Waals surface area contributed by atoms with E-state index in [-0.39, 0.29) is 25.0 Å². The third-order valence-corrected chi connectivity index (χ3v) is 5.27. The summed E-state index contributed by atoms with van der Waals surface area (Å²) in [5, 5.41) is 17.7. The molecule has 148 valence electrons. The summed E-state index contributed by atoms with van der Waals surface area (Å²) in [6, 6.07) is 10.5. The Hall–Kier alpha value is -1.96. The third-order valence-electron chi connectivity index (χ3n) is 5.27. The zero-order valence-corrected chi connectivity index (χ0v) is 16.7. The van der Waals surface area contributed by atoms with Gasteiger partial charge in [-0.25, -0.2) is 4.68 Å². The number of aromatic nitrogens is 3. The molecule has 1 fully saturated rings. The van der Waals surface area contributed by atoms with E-state index >= 15 is 0 Å². The predicted octanol–water partition coefficient (Wildman–Crippen LogP) is 2.62. The summed E-state index contributed by atoms with van der Waals surface area (Å²) < 4.78 is 1.81. The standard InChI is InChI=1S/C19H27N5O2.ClH/c1-3-22(14-19(25)26)16-9-11-23(12-10-16)15(2)18-13-24(21-20-18)17-7-5-4-6-8-17;/h4-8,13,15-16H,3,9-12,14H2,1-2H3,(H,25,26);1H. The largest absolute Gasteiger partial charge is 0.480 e. The van der Waals surface area contributed by atoms with Gasteiger partial charge >= 0.3 is 5.97 Å². The smallest absolute Gasteiger partial charge is 0.317 e. The third kappa shape index (κ3) is 5.28. The first-order valence-corrected chi connectivity index (χ1v) is 9.26. The quantitative estimate of drug-likeness (QED) is 0.779. The van der Waals surface area contributed by atoms with E-state index in [0.717, 1.165) is 43.9 Å². The van der Waals surface area contributed by atoms with E-state index in [9.17, 15) is 4.79 Å². The molecule has 0 spiro atoms. The van der Waals surface area contributed by atoms with E-state index in [1.165, 1.54) is 0 Å². The molecule has 1 aliphatic heterocycles. The van der Waals surface area contributed by atoms with Gasteiger partial charge in [-0.05, 0) is 38.4 Å². The maximum absolute atomic E-state index is 11.0. The predicted molar refractivity (Wildman–Crippen MR) is 106 cm³/mol. The molecule has 1 aliphatic rings. The van der Waals surface area contributed by atoms with Crippen molar-refractivity contribution >= 4 is 18.4 Å². The Bertz CT molecular complexity index is 716. The van der Waals surface area contributed by atoms with Crippen molar-refractivity contribution in [1.82, 2.24) is 24.8 Å². The average molecular weight is 394 g/mol. The van der Waals surface area contributed by atoms with Gasteiger partial charge in [0.1, 0.15) is 0 Å². The molecule has 27 heavy (non-hydrogen) atoms. The molecule has 3 rings (SSSR count). The van der Waals surface area contributed by atoms with Gasteiger partial charge < -0.3 is 5.11 Å². The van der Waals surface area contributed by atoms with Gasteiger partial charge in [0, 0.05) is 19.1 Å². The van der Waals surface area contributed by atoms with Crippen LogP contribution in [0.2, 0.25) is 0 Å². The highest BCUT2D eigenvalue weighted by atomic mass is 35.5. The molecule has 1 aromatic carbocycles. The van der Waals surface area contributed by atoms with Crippen molar-refractivity contribution in [2.45, 2.75) is 38.8 Å². The van der Waals surface area contributed by atoms with E-state index in [0.29, 0.717) is 6.04 Å². The summed E-state index contributed by atoms with van der Waals surface area (Å²) in [7, 11) is 0. The van der Waals surface area contributed by atoms with Gasteiger partial charge in [-0.3, -0.25) is 14.6 Å². The first-order valence-electron chi connectivity index (χ1n) is 9.26. The molecule has 1 unspecified atom stereocenters. The van der Waals surface area contributed by atoms with Crippen molar-refractivity contribution in [1.29, 1.82) is 0 Å². The Morgan fingerprint density at radius 3 is 2.56 bits per heavy atom. The highest BCUT2D eigenvalue weighted by molar-refractivity contribution is 5.85. The zero-order valence-electron chi connectivity index (χ0n) is 15.9. The van der Waals surface area contributed by atoms with Gasteiger partial charge in [-0.2, -0.15) is 0 Å². The van der Waals surface area contributed by atoms with Crippen molar-refractivity contribution < 1.29 is 9.90 Å². The highest BCUT2D eigenvalue weighted by Gasteiger charge is 2.28. The Morgan fingerprint density at radius 2 is 1.96 bits per heavy atom. The minimum absolute atomic E-state index is 0. The number of carboxylic acids is 1. The fourth-order valence-electron chi connectivity index (χ4n) is 3.67. The molecule has 0 saturated carbocycles. The van der Waals surface area contributed by atoms with Gasteiger partial charge in [-0.15, -0.1) is 17.5 Å². The summed E-state index contributed by atoms with van der Waals surface area (Å²) in [6.45, 7) is 6.98. The molecule has 1 N–H and O–H groups in total. The number of halogens is 1. The monoisotopic (exact) mass is 393 g/mol. The lowest BCUT2D eigenvalue weighted by atomic mass is 10.0. The summed E-state index contributed by atoms with van der Waals surface area (Å²) in [5.74, 6) is -0.750. The Balaban J connectivity index is 0.00000261. The Kier molecular flexibility index (Phi) is 7.77. The van der Waals surface area contributed by atoms with Crippen LogP contribution in [0.4, 0.5) is 0 Å². The second-order valence-corrected chi connectivity index (χ2v) is 6.82. The number of para-hydroxylation sites is 1. The van der Waals surface area contributed by atoms with Crippen molar-refractivity contribution in [3.63, 3.8) is 0 Å². The first kappa shape index (κ1) is 21.3. The summed E-state index contributed by atoms with van der Waals surface area (Å²) in [4.78, 5) is 15.5. The molecule has 1 saturated heterocycles. The lowest BCUT2D eigenvalue weighted by Crippen LogP contribution is -2.47. The number of likely N-dealkylation sites (N-methyl/N-ethyl adjacent to an activating group) is 1. The molecule has 8 heteroatoms. The van der Waals surface area contributed by atoms with Crippen LogP contribution >= 0.6 is 12.4 Å². The molecule has 0 aliphatic carbocycles. The Labute approximate surface area is 166 Å². The molecule has 0 radical (unpaired) electrons. The fraction of sp³-hybridized carbons (Fsp3) is 0.526. The first-order chi connectivity index (χ1) is 12.6. The number of benzene rings is 1. The van der Waals surface area contributed by atoms with Crippen LogP contribution < -0.4 is 0 Å². The number of piperidine rings is 1. The number of rotatable bonds is 7. The number of nitrogens with zero attached hydrogens (tertiary/aromatic N) is 5. The van der Waals surface area contributed by atoms with Crippen molar-refractivity contribution in [3.05, 3.63) is 42.2 Å². The van der Waals surface area contributed by atoms with Crippen molar-refractivity contribution in [2.75, 3.05) is 26.2 Å². The van der Waals surface area contributed by atoms with Crippen molar-refractivity contribution in [2.24, 2.45) is 0 Å². The maximum atomic E-state index is 11.0. The van der Waals surface area contributed by atoms with Gasteiger partial charge in [0.05, 0.1) is 30.2 Å². The zero-order chi connectivity index (χ0) is 18.5. The van der Waals surface area contributed by atoms with Gasteiger partial charge in [-0.1, -0.05) is 30.3 Å². The number of hydrogen-bond donors (Lipinski definition) is 1. The number of carboxylic acid groups (broad SMARTS) is 1. The molecule has 1 aromatic heterocycles. The summed E-state index contributed by atoms with van der Waals surface area (Å²) in [6.07, 6.45) is 3.96. The minimum Gasteiger partial charge on any atom is -0.480 e. The summed E-state index contributed by atoms with van der Waals surface area (Å²) in [5.41, 5.74) is 1.97. The average Bonchev–Trinajstić information content (AvgIpc) is 3.16. The molecule has 0 bridgehead atoms. The van der Waals surface area contributed by atoms with E-state index in [4.69, 9.17) is 5.11 Å². The van der Waals surface area contributed by atoms with E-state index < -0.39 is 5.97 Å². The van der Waals surface area contributed by atoms with Gasteiger partial charge in [0.2, 0.25) is 0 Å². The normalized spacial score (nSPS) is 16.9. The van der Waals surface area contributed by atoms with Crippen LogP contribution in [0.5, 0.6) is 0 Å². The van der Waals surface area contributed by atoms with Crippen LogP contribution in [-0.2, 0) is 4.79 Å². The molecule has 7 nitrogen and oxygen atoms in total. The second kappa shape index (κ2) is 9.82. The second-order valence-electron chi connectivity index (χ2n) is 6.82. The number of aliphatic carboxylic acids is 1. The molecular weight excluding hydrogens is 366 g/mol. The van der Waals surface area contributed by atoms with Crippen molar-refractivity contribution in [3.8, 4) is 5.69 Å². The lowest BCUT2D eigenvalue weighted by molar-refractivity contribution is -0.139. The van der Waals surface area contributed by atoms with Crippen LogP contribution in [0.1, 0.15) is 38.4 Å². The van der Waals surface area contributed by atoms with Crippen LogP contribution in [0.25, 0.3) is 5.69 Å². The molecule has 0 amide bonds. The fourth-order valence-corrected chi connectivity index (χ4v) is 3.67. The highest BCUT2D eigenvalue weighted by Crippen LogP contribution is 2.25. The lowest BCUT2D eigenvalue weighted by Gasteiger charge is -2.39. The van der Waals surface area contributed by atoms with Crippen LogP contribution in [0, 0.1) is 0 Å². The SMILES string of the molecule is CCN(CC(=O)O)C1CCN(C(C)c2cn(-c3ccccc3)nn2)CC1.Cl. The van der Waals surface area contributed by atoms with Gasteiger partial charge in [0.25, 0.3) is 0 Å². The van der Waals surface area contributed by atoms with E-state index in [2.05, 4.69) is 27.0 Å². The molecule has 2 heterocycles. The van der Waals surface area contributed by atoms with E-state index in [1.807, 2.05) is 48.1 Å². The maximum Gasteiger partial charge on any atom is 0.317 e. The Morgan fingerprint density at radius 1 is 1.30 bits per heavy atom. The van der Waals surface area contributed by atoms with Gasteiger partial charge in [0.15, 0.2) is 0 Å². The van der Waals surface area contributed by atoms with Crippen LogP contribution in [0.15, 0.2) is 36.5 Å². The molecule has 1 atom stereocenters. The number of carbonyl (C=O) groups is 1. The summed E-state index contributed by atoms with van der Waals surface area (Å²) >= 11 is 0. The topological polar surface area (TPSA) is 74.5 Å². The van der Waals surface area contributed by atoms with Crippen LogP contribution in [0.3, 0.4) is 0 Å². The minimum atomic E-state index is -0.750.